The van der Waals surface area contributed by atoms with Crippen LogP contribution in [0.1, 0.15) is 12.0 Å². The Hall–Kier alpha value is -3.77. The monoisotopic (exact) mass is 481 g/mol. The van der Waals surface area contributed by atoms with Crippen LogP contribution in [0.2, 0.25) is 0 Å². The van der Waals surface area contributed by atoms with Gasteiger partial charge in [0.2, 0.25) is 17.8 Å². The molecule has 1 fully saturated rings. The summed E-state index contributed by atoms with van der Waals surface area (Å²) in [6, 6.07) is 4.14. The number of fused-ring (bicyclic) bond motifs is 1. The first kappa shape index (κ1) is 23.4. The van der Waals surface area contributed by atoms with Crippen molar-refractivity contribution in [1.82, 2.24) is 19.5 Å². The van der Waals surface area contributed by atoms with Gasteiger partial charge in [0.25, 0.3) is 5.92 Å². The molecule has 1 aromatic carbocycles. The van der Waals surface area contributed by atoms with Crippen LogP contribution in [0.15, 0.2) is 43.2 Å². The molecule has 0 saturated carbocycles. The van der Waals surface area contributed by atoms with Crippen LogP contribution < -0.4 is 15.5 Å². The van der Waals surface area contributed by atoms with Gasteiger partial charge in [0, 0.05) is 38.1 Å². The molecule has 4 rings (SSSR count). The lowest BCUT2D eigenvalue weighted by atomic mass is 10.0. The molecule has 0 aliphatic carbocycles. The molecule has 2 aromatic heterocycles. The number of aromatic nitrogens is 4. The van der Waals surface area contributed by atoms with Gasteiger partial charge in [-0.1, -0.05) is 6.58 Å². The normalized spacial score (nSPS) is 18.1. The van der Waals surface area contributed by atoms with Gasteiger partial charge in [0.15, 0.2) is 0 Å². The van der Waals surface area contributed by atoms with E-state index in [2.05, 4.69) is 32.2 Å². The highest BCUT2D eigenvalue weighted by Crippen LogP contribution is 2.33. The Morgan fingerprint density at radius 1 is 1.26 bits per heavy atom. The molecule has 13 heteroatoms. The maximum atomic E-state index is 14.6. The van der Waals surface area contributed by atoms with Crippen molar-refractivity contribution in [2.75, 3.05) is 28.6 Å². The van der Waals surface area contributed by atoms with Gasteiger partial charge in [-0.15, -0.1) is 0 Å². The standard InChI is InChI=1S/C21H20F5N7O/c1-3-17(34)29-13-4-5-16-15(6-13)31-19(32(16)2)33-10-14(7-20(22,23)11-33)30-18-27-8-12(9-28-18)21(24,25)26/h3-6,8-9,14H,1,7,10-11H2,2H3,(H,29,34)(H,27,28,30). The van der Waals surface area contributed by atoms with E-state index in [1.54, 1.807) is 29.8 Å². The molecule has 1 saturated heterocycles. The zero-order valence-electron chi connectivity index (χ0n) is 17.9. The number of carbonyl (C=O) groups excluding carboxylic acids is 1. The Balaban J connectivity index is 1.57. The smallest absolute Gasteiger partial charge is 0.349 e. The molecule has 8 nitrogen and oxygen atoms in total. The summed E-state index contributed by atoms with van der Waals surface area (Å²) in [6.45, 7) is 2.90. The molecule has 1 unspecified atom stereocenters. The predicted octanol–water partition coefficient (Wildman–Crippen LogP) is 3.83. The molecule has 2 N–H and O–H groups in total. The Labute approximate surface area is 190 Å². The third-order valence-electron chi connectivity index (χ3n) is 5.31. The average Bonchev–Trinajstić information content (AvgIpc) is 3.08. The summed E-state index contributed by atoms with van der Waals surface area (Å²) in [6.07, 6.45) is -2.82. The molecule has 0 radical (unpaired) electrons. The SMILES string of the molecule is C=CC(=O)Nc1ccc2c(c1)nc(N1CC(Nc3ncc(C(F)(F)F)cn3)CC(F)(F)C1)n2C. The number of halogens is 5. The number of amides is 1. The van der Waals surface area contributed by atoms with E-state index in [1.807, 2.05) is 0 Å². The first-order chi connectivity index (χ1) is 15.9. The molecule has 180 valence electrons. The Morgan fingerprint density at radius 3 is 2.62 bits per heavy atom. The van der Waals surface area contributed by atoms with Gasteiger partial charge < -0.3 is 20.1 Å². The minimum atomic E-state index is -4.60. The topological polar surface area (TPSA) is 88.0 Å². The molecule has 3 heterocycles. The molecule has 3 aromatic rings. The highest BCUT2D eigenvalue weighted by molar-refractivity contribution is 6.00. The van der Waals surface area contributed by atoms with Crippen LogP contribution >= 0.6 is 0 Å². The molecule has 1 amide bonds. The van der Waals surface area contributed by atoms with Gasteiger partial charge in [0.05, 0.1) is 29.2 Å². The number of hydrogen-bond donors (Lipinski definition) is 2. The third-order valence-corrected chi connectivity index (χ3v) is 5.31. The summed E-state index contributed by atoms with van der Waals surface area (Å²) in [5.41, 5.74) is 0.599. The summed E-state index contributed by atoms with van der Waals surface area (Å²) in [5, 5.41) is 5.32. The fraction of sp³-hybridized carbons (Fsp3) is 0.333. The summed E-state index contributed by atoms with van der Waals surface area (Å²) >= 11 is 0. The number of hydrogen-bond acceptors (Lipinski definition) is 6. The lowest BCUT2D eigenvalue weighted by molar-refractivity contribution is -0.138. The van der Waals surface area contributed by atoms with Crippen molar-refractivity contribution in [2.24, 2.45) is 7.05 Å². The summed E-state index contributed by atoms with van der Waals surface area (Å²) in [4.78, 5) is 24.6. The zero-order chi connectivity index (χ0) is 24.7. The van der Waals surface area contributed by atoms with E-state index < -0.39 is 42.6 Å². The molecule has 1 aliphatic heterocycles. The van der Waals surface area contributed by atoms with Crippen molar-refractivity contribution in [3.05, 3.63) is 48.8 Å². The van der Waals surface area contributed by atoms with Gasteiger partial charge in [0.1, 0.15) is 0 Å². The molecular weight excluding hydrogens is 461 g/mol. The van der Waals surface area contributed by atoms with E-state index in [9.17, 15) is 26.7 Å². The van der Waals surface area contributed by atoms with Crippen LogP contribution in [0.4, 0.5) is 39.5 Å². The van der Waals surface area contributed by atoms with Crippen LogP contribution in [-0.2, 0) is 18.0 Å². The third kappa shape index (κ3) is 4.92. The fourth-order valence-corrected chi connectivity index (χ4v) is 3.82. The number of carbonyl (C=O) groups is 1. The molecule has 34 heavy (non-hydrogen) atoms. The van der Waals surface area contributed by atoms with Crippen molar-refractivity contribution in [3.63, 3.8) is 0 Å². The van der Waals surface area contributed by atoms with Crippen LogP contribution in [0.5, 0.6) is 0 Å². The van der Waals surface area contributed by atoms with Gasteiger partial charge in [-0.2, -0.15) is 13.2 Å². The Bertz CT molecular complexity index is 1220. The molecule has 1 aliphatic rings. The van der Waals surface area contributed by atoms with Gasteiger partial charge >= 0.3 is 6.18 Å². The first-order valence-corrected chi connectivity index (χ1v) is 10.1. The number of aryl methyl sites for hydroxylation is 1. The van der Waals surface area contributed by atoms with Crippen molar-refractivity contribution >= 4 is 34.5 Å². The zero-order valence-corrected chi connectivity index (χ0v) is 17.9. The minimum Gasteiger partial charge on any atom is -0.349 e. The van der Waals surface area contributed by atoms with Crippen LogP contribution in [0, 0.1) is 0 Å². The average molecular weight is 481 g/mol. The quantitative estimate of drug-likeness (QED) is 0.426. The number of rotatable bonds is 5. The Morgan fingerprint density at radius 2 is 1.97 bits per heavy atom. The summed E-state index contributed by atoms with van der Waals surface area (Å²) in [7, 11) is 1.68. The Kier molecular flexibility index (Phi) is 5.87. The maximum absolute atomic E-state index is 14.6. The van der Waals surface area contributed by atoms with Gasteiger partial charge in [-0.25, -0.2) is 23.7 Å². The van der Waals surface area contributed by atoms with Crippen LogP contribution in [-0.4, -0.2) is 50.5 Å². The van der Waals surface area contributed by atoms with E-state index in [0.717, 1.165) is 6.08 Å². The first-order valence-electron chi connectivity index (χ1n) is 10.1. The minimum absolute atomic E-state index is 0.0944. The molecule has 0 bridgehead atoms. The number of alkyl halides is 5. The van der Waals surface area contributed by atoms with E-state index in [0.29, 0.717) is 29.1 Å². The summed E-state index contributed by atoms with van der Waals surface area (Å²) < 4.78 is 68.9. The molecular formula is C21H20F5N7O. The van der Waals surface area contributed by atoms with Crippen molar-refractivity contribution < 1.29 is 26.7 Å². The second kappa shape index (κ2) is 8.54. The van der Waals surface area contributed by atoms with E-state index in [-0.39, 0.29) is 18.4 Å². The number of nitrogens with one attached hydrogen (secondary N) is 2. The largest absolute Gasteiger partial charge is 0.419 e. The van der Waals surface area contributed by atoms with E-state index >= 15 is 0 Å². The van der Waals surface area contributed by atoms with Crippen molar-refractivity contribution in [3.8, 4) is 0 Å². The second-order valence-electron chi connectivity index (χ2n) is 7.94. The van der Waals surface area contributed by atoms with Crippen LogP contribution in [0.25, 0.3) is 11.0 Å². The lowest BCUT2D eigenvalue weighted by Crippen LogP contribution is -2.52. The lowest BCUT2D eigenvalue weighted by Gasteiger charge is -2.38. The van der Waals surface area contributed by atoms with Crippen molar-refractivity contribution in [1.29, 1.82) is 0 Å². The fourth-order valence-electron chi connectivity index (χ4n) is 3.82. The molecule has 0 spiro atoms. The second-order valence-corrected chi connectivity index (χ2v) is 7.94. The van der Waals surface area contributed by atoms with Crippen LogP contribution in [0.3, 0.4) is 0 Å². The molecule has 1 atom stereocenters. The highest BCUT2D eigenvalue weighted by Gasteiger charge is 2.42. The predicted molar refractivity (Wildman–Crippen MR) is 116 cm³/mol. The number of imidazole rings is 1. The highest BCUT2D eigenvalue weighted by atomic mass is 19.4. The number of piperidine rings is 1. The van der Waals surface area contributed by atoms with E-state index in [4.69, 9.17) is 0 Å². The van der Waals surface area contributed by atoms with E-state index in [1.165, 1.54) is 4.90 Å². The number of anilines is 3. The number of benzene rings is 1. The van der Waals surface area contributed by atoms with Crippen molar-refractivity contribution in [2.45, 2.75) is 24.6 Å². The van der Waals surface area contributed by atoms with Gasteiger partial charge in [-0.3, -0.25) is 4.79 Å². The van der Waals surface area contributed by atoms with Gasteiger partial charge in [-0.05, 0) is 24.3 Å². The summed E-state index contributed by atoms with van der Waals surface area (Å²) in [5.74, 6) is -3.39. The number of nitrogens with zero attached hydrogens (tertiary/aromatic N) is 5. The maximum Gasteiger partial charge on any atom is 0.419 e.